The van der Waals surface area contributed by atoms with E-state index in [9.17, 15) is 9.59 Å². The molecule has 0 heterocycles. The van der Waals surface area contributed by atoms with Crippen molar-refractivity contribution in [1.29, 1.82) is 0 Å². The fraction of sp³-hybridized carbons (Fsp3) is 0.429. The van der Waals surface area contributed by atoms with Gasteiger partial charge in [0.1, 0.15) is 0 Å². The molecule has 1 aliphatic carbocycles. The summed E-state index contributed by atoms with van der Waals surface area (Å²) < 4.78 is 4.36. The molecule has 0 aromatic heterocycles. The van der Waals surface area contributed by atoms with E-state index < -0.39 is 23.8 Å². The molecule has 2 unspecified atom stereocenters. The third-order valence-electron chi connectivity index (χ3n) is 1.74. The Balaban J connectivity index is 2.62. The van der Waals surface area contributed by atoms with Crippen LogP contribution in [0.3, 0.4) is 0 Å². The first-order chi connectivity index (χ1) is 5.09. The standard InChI is InChI=1S/C7H8O4/c1-3-4(6(8)9)5(3)7(10)11-2/h4-5H,1H2,2H3,(H,8,9). The van der Waals surface area contributed by atoms with Crippen LogP contribution in [-0.4, -0.2) is 24.2 Å². The van der Waals surface area contributed by atoms with Gasteiger partial charge in [-0.25, -0.2) is 0 Å². The third kappa shape index (κ3) is 1.11. The molecule has 0 saturated heterocycles. The molecular formula is C7H8O4. The molecule has 4 heteroatoms. The van der Waals surface area contributed by atoms with Crippen LogP contribution in [0.25, 0.3) is 0 Å². The van der Waals surface area contributed by atoms with E-state index in [1.165, 1.54) is 7.11 Å². The number of methoxy groups -OCH3 is 1. The number of aliphatic carboxylic acids is 1. The molecule has 1 N–H and O–H groups in total. The molecule has 60 valence electrons. The highest BCUT2D eigenvalue weighted by Crippen LogP contribution is 2.44. The second-order valence-corrected chi connectivity index (χ2v) is 2.39. The molecule has 11 heavy (non-hydrogen) atoms. The van der Waals surface area contributed by atoms with Crippen molar-refractivity contribution in [1.82, 2.24) is 0 Å². The van der Waals surface area contributed by atoms with Gasteiger partial charge in [-0.15, -0.1) is 0 Å². The molecule has 0 spiro atoms. The van der Waals surface area contributed by atoms with Crippen molar-refractivity contribution in [2.75, 3.05) is 7.11 Å². The number of hydrogen-bond donors (Lipinski definition) is 1. The topological polar surface area (TPSA) is 63.6 Å². The minimum atomic E-state index is -1.01. The lowest BCUT2D eigenvalue weighted by Gasteiger charge is -1.92. The molecule has 4 nitrogen and oxygen atoms in total. The van der Waals surface area contributed by atoms with Crippen LogP contribution in [0.4, 0.5) is 0 Å². The van der Waals surface area contributed by atoms with Crippen LogP contribution < -0.4 is 0 Å². The van der Waals surface area contributed by atoms with Gasteiger partial charge in [0.15, 0.2) is 0 Å². The Kier molecular flexibility index (Phi) is 1.68. The Morgan fingerprint density at radius 2 is 2.09 bits per heavy atom. The molecule has 0 aromatic rings. The minimum absolute atomic E-state index is 0.435. The monoisotopic (exact) mass is 156 g/mol. The van der Waals surface area contributed by atoms with Crippen LogP contribution in [-0.2, 0) is 14.3 Å². The van der Waals surface area contributed by atoms with E-state index in [4.69, 9.17) is 5.11 Å². The van der Waals surface area contributed by atoms with Gasteiger partial charge in [0.25, 0.3) is 0 Å². The van der Waals surface area contributed by atoms with Crippen molar-refractivity contribution in [3.8, 4) is 0 Å². The summed E-state index contributed by atoms with van der Waals surface area (Å²) in [5.74, 6) is -2.85. The molecule has 0 bridgehead atoms. The number of rotatable bonds is 2. The summed E-state index contributed by atoms with van der Waals surface area (Å²) in [6.45, 7) is 3.44. The van der Waals surface area contributed by atoms with Gasteiger partial charge in [-0.2, -0.15) is 0 Å². The summed E-state index contributed by atoms with van der Waals surface area (Å²) in [7, 11) is 1.23. The summed E-state index contributed by atoms with van der Waals surface area (Å²) in [5, 5.41) is 8.47. The number of carboxylic acid groups (broad SMARTS) is 1. The van der Waals surface area contributed by atoms with Crippen LogP contribution in [0, 0.1) is 11.8 Å². The fourth-order valence-corrected chi connectivity index (χ4v) is 1.03. The summed E-state index contributed by atoms with van der Waals surface area (Å²) in [5.41, 5.74) is 0.435. The van der Waals surface area contributed by atoms with Gasteiger partial charge in [-0.05, 0) is 5.57 Å². The zero-order valence-electron chi connectivity index (χ0n) is 6.03. The molecule has 0 radical (unpaired) electrons. The molecule has 2 atom stereocenters. The zero-order valence-corrected chi connectivity index (χ0v) is 6.03. The van der Waals surface area contributed by atoms with E-state index in [0.717, 1.165) is 0 Å². The number of esters is 1. The van der Waals surface area contributed by atoms with Gasteiger partial charge in [-0.3, -0.25) is 9.59 Å². The smallest absolute Gasteiger partial charge is 0.314 e. The Morgan fingerprint density at radius 3 is 2.36 bits per heavy atom. The van der Waals surface area contributed by atoms with Gasteiger partial charge < -0.3 is 9.84 Å². The molecule has 0 aromatic carbocycles. The number of ether oxygens (including phenoxy) is 1. The second-order valence-electron chi connectivity index (χ2n) is 2.39. The van der Waals surface area contributed by atoms with Crippen LogP contribution >= 0.6 is 0 Å². The maximum Gasteiger partial charge on any atom is 0.314 e. The molecular weight excluding hydrogens is 148 g/mol. The Hall–Kier alpha value is -1.32. The molecule has 1 saturated carbocycles. The third-order valence-corrected chi connectivity index (χ3v) is 1.74. The predicted octanol–water partition coefficient (Wildman–Crippen LogP) is 0.0462. The Morgan fingerprint density at radius 1 is 1.55 bits per heavy atom. The average Bonchev–Trinajstić information content (AvgIpc) is 2.60. The van der Waals surface area contributed by atoms with E-state index in [-0.39, 0.29) is 0 Å². The number of hydrogen-bond acceptors (Lipinski definition) is 3. The van der Waals surface area contributed by atoms with Crippen molar-refractivity contribution < 1.29 is 19.4 Å². The summed E-state index contributed by atoms with van der Waals surface area (Å²) in [6, 6.07) is 0. The second kappa shape index (κ2) is 2.38. The van der Waals surface area contributed by atoms with E-state index >= 15 is 0 Å². The SMILES string of the molecule is C=C1C(C(=O)O)C1C(=O)OC. The molecule has 0 aliphatic heterocycles. The van der Waals surface area contributed by atoms with E-state index in [2.05, 4.69) is 11.3 Å². The van der Waals surface area contributed by atoms with Crippen molar-refractivity contribution in [3.63, 3.8) is 0 Å². The fourth-order valence-electron chi connectivity index (χ4n) is 1.03. The van der Waals surface area contributed by atoms with Gasteiger partial charge >= 0.3 is 11.9 Å². The summed E-state index contributed by atoms with van der Waals surface area (Å²) in [4.78, 5) is 21.1. The minimum Gasteiger partial charge on any atom is -0.481 e. The quantitative estimate of drug-likeness (QED) is 0.453. The first-order valence-corrected chi connectivity index (χ1v) is 3.09. The number of carbonyl (C=O) groups excluding carboxylic acids is 1. The van der Waals surface area contributed by atoms with Crippen molar-refractivity contribution >= 4 is 11.9 Å². The van der Waals surface area contributed by atoms with Gasteiger partial charge in [-0.1, -0.05) is 6.58 Å². The molecule has 1 aliphatic rings. The highest BCUT2D eigenvalue weighted by molar-refractivity contribution is 5.93. The predicted molar refractivity (Wildman–Crippen MR) is 35.8 cm³/mol. The first kappa shape index (κ1) is 7.78. The van der Waals surface area contributed by atoms with Crippen LogP contribution in [0.1, 0.15) is 0 Å². The van der Waals surface area contributed by atoms with Gasteiger partial charge in [0.05, 0.1) is 18.9 Å². The highest BCUT2D eigenvalue weighted by atomic mass is 16.5. The lowest BCUT2D eigenvalue weighted by Crippen LogP contribution is -2.08. The molecule has 1 rings (SSSR count). The summed E-state index contributed by atoms with van der Waals surface area (Å²) in [6.07, 6.45) is 0. The van der Waals surface area contributed by atoms with Crippen molar-refractivity contribution in [2.24, 2.45) is 11.8 Å². The largest absolute Gasteiger partial charge is 0.481 e. The Bertz CT molecular complexity index is 231. The van der Waals surface area contributed by atoms with E-state index in [0.29, 0.717) is 5.57 Å². The molecule has 0 amide bonds. The lowest BCUT2D eigenvalue weighted by atomic mass is 10.3. The average molecular weight is 156 g/mol. The highest BCUT2D eigenvalue weighted by Gasteiger charge is 2.53. The van der Waals surface area contributed by atoms with Crippen LogP contribution in [0.15, 0.2) is 12.2 Å². The van der Waals surface area contributed by atoms with E-state index in [1.807, 2.05) is 0 Å². The van der Waals surface area contributed by atoms with Crippen molar-refractivity contribution in [3.05, 3.63) is 12.2 Å². The maximum atomic E-state index is 10.8. The van der Waals surface area contributed by atoms with Crippen LogP contribution in [0.2, 0.25) is 0 Å². The van der Waals surface area contributed by atoms with Crippen LogP contribution in [0.5, 0.6) is 0 Å². The lowest BCUT2D eigenvalue weighted by molar-refractivity contribution is -0.146. The van der Waals surface area contributed by atoms with Gasteiger partial charge in [0.2, 0.25) is 0 Å². The zero-order chi connectivity index (χ0) is 8.59. The molecule has 1 fully saturated rings. The maximum absolute atomic E-state index is 10.8. The van der Waals surface area contributed by atoms with E-state index in [1.54, 1.807) is 0 Å². The Labute approximate surface area is 63.5 Å². The normalized spacial score (nSPS) is 27.9. The number of carboxylic acids is 1. The van der Waals surface area contributed by atoms with Gasteiger partial charge in [0, 0.05) is 0 Å². The van der Waals surface area contributed by atoms with Crippen molar-refractivity contribution in [2.45, 2.75) is 0 Å². The first-order valence-electron chi connectivity index (χ1n) is 3.09. The summed E-state index contributed by atoms with van der Waals surface area (Å²) >= 11 is 0. The number of carbonyl (C=O) groups is 2.